The fraction of sp³-hybridized carbons (Fsp3) is 0.467. The van der Waals surface area contributed by atoms with Crippen molar-refractivity contribution in [1.29, 1.82) is 0 Å². The van der Waals surface area contributed by atoms with Gasteiger partial charge in [-0.15, -0.1) is 0 Å². The lowest BCUT2D eigenvalue weighted by atomic mass is 9.89. The lowest BCUT2D eigenvalue weighted by Gasteiger charge is -2.34. The molecule has 2 unspecified atom stereocenters. The summed E-state index contributed by atoms with van der Waals surface area (Å²) in [5.41, 5.74) is 7.07. The Morgan fingerprint density at radius 2 is 2.15 bits per heavy atom. The van der Waals surface area contributed by atoms with E-state index in [0.29, 0.717) is 37.2 Å². The van der Waals surface area contributed by atoms with Gasteiger partial charge in [0.2, 0.25) is 5.91 Å². The van der Waals surface area contributed by atoms with Crippen LogP contribution < -0.4 is 10.6 Å². The second-order valence-corrected chi connectivity index (χ2v) is 5.07. The van der Waals surface area contributed by atoms with Crippen LogP contribution in [0.4, 0.5) is 5.69 Å². The zero-order valence-corrected chi connectivity index (χ0v) is 11.6. The van der Waals surface area contributed by atoms with Gasteiger partial charge >= 0.3 is 5.97 Å². The molecule has 0 fully saturated rings. The standard InChI is InChI=1S/C15H20N2O3/c1-2-10(9-16)14(18)17-8-7-12(15(19)20)11-5-3-4-6-13(11)17/h3-6,10,12H,2,7-9,16H2,1H3,(H,19,20). The number of amides is 1. The van der Waals surface area contributed by atoms with Gasteiger partial charge in [-0.2, -0.15) is 0 Å². The van der Waals surface area contributed by atoms with E-state index in [9.17, 15) is 14.7 Å². The van der Waals surface area contributed by atoms with E-state index in [1.165, 1.54) is 0 Å². The highest BCUT2D eigenvalue weighted by molar-refractivity contribution is 5.97. The van der Waals surface area contributed by atoms with Crippen molar-refractivity contribution in [1.82, 2.24) is 0 Å². The van der Waals surface area contributed by atoms with Crippen LogP contribution in [0.25, 0.3) is 0 Å². The van der Waals surface area contributed by atoms with Gasteiger partial charge in [0.05, 0.1) is 11.8 Å². The Morgan fingerprint density at radius 3 is 2.75 bits per heavy atom. The van der Waals surface area contributed by atoms with Crippen LogP contribution in [0.3, 0.4) is 0 Å². The minimum atomic E-state index is -0.838. The predicted octanol–water partition coefficient (Wildman–Crippen LogP) is 1.58. The maximum atomic E-state index is 12.5. The second kappa shape index (κ2) is 6.05. The van der Waals surface area contributed by atoms with Gasteiger partial charge in [-0.1, -0.05) is 25.1 Å². The van der Waals surface area contributed by atoms with E-state index in [-0.39, 0.29) is 11.8 Å². The summed E-state index contributed by atoms with van der Waals surface area (Å²) in [6.07, 6.45) is 1.13. The second-order valence-electron chi connectivity index (χ2n) is 5.07. The van der Waals surface area contributed by atoms with Crippen molar-refractivity contribution in [3.63, 3.8) is 0 Å². The minimum Gasteiger partial charge on any atom is -0.481 e. The molecule has 1 amide bonds. The van der Waals surface area contributed by atoms with Gasteiger partial charge in [-0.25, -0.2) is 0 Å². The first-order chi connectivity index (χ1) is 9.60. The van der Waals surface area contributed by atoms with Gasteiger partial charge in [0.15, 0.2) is 0 Å². The lowest BCUT2D eigenvalue weighted by molar-refractivity contribution is -0.139. The maximum Gasteiger partial charge on any atom is 0.311 e. The van der Waals surface area contributed by atoms with Crippen LogP contribution in [-0.4, -0.2) is 30.1 Å². The van der Waals surface area contributed by atoms with E-state index in [1.807, 2.05) is 25.1 Å². The highest BCUT2D eigenvalue weighted by Crippen LogP contribution is 2.36. The van der Waals surface area contributed by atoms with Gasteiger partial charge in [0, 0.05) is 18.8 Å². The topological polar surface area (TPSA) is 83.6 Å². The number of fused-ring (bicyclic) bond motifs is 1. The van der Waals surface area contributed by atoms with Gasteiger partial charge in [0.1, 0.15) is 0 Å². The average molecular weight is 276 g/mol. The third-order valence-electron chi connectivity index (χ3n) is 3.94. The van der Waals surface area contributed by atoms with Crippen molar-refractivity contribution in [2.45, 2.75) is 25.7 Å². The highest BCUT2D eigenvalue weighted by atomic mass is 16.4. The largest absolute Gasteiger partial charge is 0.481 e. The van der Waals surface area contributed by atoms with Gasteiger partial charge < -0.3 is 15.7 Å². The summed E-state index contributed by atoms with van der Waals surface area (Å²) in [5, 5.41) is 9.29. The number of carboxylic acid groups (broad SMARTS) is 1. The van der Waals surface area contributed by atoms with Gasteiger partial charge in [-0.3, -0.25) is 9.59 Å². The quantitative estimate of drug-likeness (QED) is 0.874. The minimum absolute atomic E-state index is 0.00807. The molecule has 0 radical (unpaired) electrons. The number of para-hydroxylation sites is 1. The van der Waals surface area contributed by atoms with Crippen LogP contribution in [0, 0.1) is 5.92 Å². The zero-order chi connectivity index (χ0) is 14.7. The number of anilines is 1. The molecule has 108 valence electrons. The third-order valence-corrected chi connectivity index (χ3v) is 3.94. The molecule has 20 heavy (non-hydrogen) atoms. The predicted molar refractivity (Wildman–Crippen MR) is 76.6 cm³/mol. The first-order valence-corrected chi connectivity index (χ1v) is 6.93. The Bertz CT molecular complexity index is 512. The summed E-state index contributed by atoms with van der Waals surface area (Å²) >= 11 is 0. The average Bonchev–Trinajstić information content (AvgIpc) is 2.47. The molecule has 0 saturated carbocycles. The summed E-state index contributed by atoms with van der Waals surface area (Å²) in [5.74, 6) is -1.58. The monoisotopic (exact) mass is 276 g/mol. The Balaban J connectivity index is 2.36. The summed E-state index contributed by atoms with van der Waals surface area (Å²) < 4.78 is 0. The molecule has 1 aliphatic rings. The number of hydrogen-bond acceptors (Lipinski definition) is 3. The van der Waals surface area contributed by atoms with Gasteiger partial charge in [0.25, 0.3) is 0 Å². The van der Waals surface area contributed by atoms with Crippen LogP contribution >= 0.6 is 0 Å². The number of benzene rings is 1. The highest BCUT2D eigenvalue weighted by Gasteiger charge is 2.33. The van der Waals surface area contributed by atoms with E-state index in [2.05, 4.69) is 0 Å². The van der Waals surface area contributed by atoms with E-state index in [4.69, 9.17) is 5.73 Å². The van der Waals surface area contributed by atoms with Crippen LogP contribution in [0.2, 0.25) is 0 Å². The van der Waals surface area contributed by atoms with Crippen LogP contribution in [-0.2, 0) is 9.59 Å². The number of nitrogens with zero attached hydrogens (tertiary/aromatic N) is 1. The Kier molecular flexibility index (Phi) is 4.39. The summed E-state index contributed by atoms with van der Waals surface area (Å²) in [4.78, 5) is 25.5. The fourth-order valence-corrected chi connectivity index (χ4v) is 2.71. The van der Waals surface area contributed by atoms with Crippen molar-refractivity contribution in [3.05, 3.63) is 29.8 Å². The Labute approximate surface area is 118 Å². The number of hydrogen-bond donors (Lipinski definition) is 2. The molecule has 5 heteroatoms. The van der Waals surface area contributed by atoms with E-state index >= 15 is 0 Å². The summed E-state index contributed by atoms with van der Waals surface area (Å²) in [7, 11) is 0. The molecule has 0 aromatic heterocycles. The van der Waals surface area contributed by atoms with Crippen LogP contribution in [0.5, 0.6) is 0 Å². The molecule has 2 rings (SSSR count). The molecular formula is C15H20N2O3. The van der Waals surface area contributed by atoms with E-state index in [1.54, 1.807) is 11.0 Å². The fourth-order valence-electron chi connectivity index (χ4n) is 2.71. The Hall–Kier alpha value is -1.88. The summed E-state index contributed by atoms with van der Waals surface area (Å²) in [6, 6.07) is 7.23. The number of carbonyl (C=O) groups excluding carboxylic acids is 1. The third kappa shape index (κ3) is 2.54. The number of aliphatic carboxylic acids is 1. The van der Waals surface area contributed by atoms with Crippen LogP contribution in [0.1, 0.15) is 31.2 Å². The summed E-state index contributed by atoms with van der Waals surface area (Å²) in [6.45, 7) is 2.69. The SMILES string of the molecule is CCC(CN)C(=O)N1CCC(C(=O)O)c2ccccc21. The normalized spacial score (nSPS) is 19.3. The van der Waals surface area contributed by atoms with Gasteiger partial charge in [-0.05, 0) is 24.5 Å². The molecule has 3 N–H and O–H groups in total. The van der Waals surface area contributed by atoms with E-state index < -0.39 is 11.9 Å². The zero-order valence-electron chi connectivity index (χ0n) is 11.6. The van der Waals surface area contributed by atoms with Crippen molar-refractivity contribution in [2.24, 2.45) is 11.7 Å². The van der Waals surface area contributed by atoms with Crippen molar-refractivity contribution < 1.29 is 14.7 Å². The van der Waals surface area contributed by atoms with E-state index in [0.717, 1.165) is 0 Å². The smallest absolute Gasteiger partial charge is 0.311 e. The first-order valence-electron chi connectivity index (χ1n) is 6.93. The molecule has 1 aromatic rings. The molecule has 1 heterocycles. The van der Waals surface area contributed by atoms with Crippen molar-refractivity contribution in [2.75, 3.05) is 18.0 Å². The van der Waals surface area contributed by atoms with Crippen molar-refractivity contribution in [3.8, 4) is 0 Å². The molecule has 0 saturated heterocycles. The molecular weight excluding hydrogens is 256 g/mol. The van der Waals surface area contributed by atoms with Crippen LogP contribution in [0.15, 0.2) is 24.3 Å². The first kappa shape index (κ1) is 14.5. The van der Waals surface area contributed by atoms with Crippen molar-refractivity contribution >= 4 is 17.6 Å². The molecule has 0 aliphatic carbocycles. The lowest BCUT2D eigenvalue weighted by Crippen LogP contribution is -2.43. The number of rotatable bonds is 4. The molecule has 2 atom stereocenters. The number of nitrogens with two attached hydrogens (primary N) is 1. The molecule has 0 spiro atoms. The molecule has 1 aromatic carbocycles. The number of carboxylic acids is 1. The maximum absolute atomic E-state index is 12.5. The molecule has 5 nitrogen and oxygen atoms in total. The molecule has 1 aliphatic heterocycles. The Morgan fingerprint density at radius 1 is 1.45 bits per heavy atom. The molecule has 0 bridgehead atoms. The number of carbonyl (C=O) groups is 2.